The van der Waals surface area contributed by atoms with Crippen molar-refractivity contribution in [2.45, 2.75) is 37.6 Å². The molecule has 0 bridgehead atoms. The van der Waals surface area contributed by atoms with E-state index in [2.05, 4.69) is 10.0 Å². The Morgan fingerprint density at radius 3 is 2.52 bits per heavy atom. The Bertz CT molecular complexity index is 1060. The second kappa shape index (κ2) is 7.35. The first kappa shape index (κ1) is 19.7. The molecule has 154 valence electrons. The number of sulfonamides is 1. The molecule has 7 nitrogen and oxygen atoms in total. The van der Waals surface area contributed by atoms with E-state index in [9.17, 15) is 13.2 Å². The number of benzene rings is 2. The third-order valence-corrected chi connectivity index (χ3v) is 6.76. The van der Waals surface area contributed by atoms with Crippen molar-refractivity contribution in [3.8, 4) is 11.5 Å². The number of amides is 1. The number of nitrogens with one attached hydrogen (secondary N) is 2. The van der Waals surface area contributed by atoms with Crippen LogP contribution >= 0.6 is 0 Å². The highest BCUT2D eigenvalue weighted by atomic mass is 32.2. The number of hydrogen-bond donors (Lipinski definition) is 2. The number of carbonyl (C=O) groups excluding carboxylic acids is 1. The van der Waals surface area contributed by atoms with Gasteiger partial charge in [-0.25, -0.2) is 13.1 Å². The molecule has 2 atom stereocenters. The molecule has 0 spiro atoms. The van der Waals surface area contributed by atoms with Gasteiger partial charge in [0.2, 0.25) is 15.9 Å². The van der Waals surface area contributed by atoms with Crippen LogP contribution in [0.2, 0.25) is 0 Å². The Kier molecular flexibility index (Phi) is 5.00. The van der Waals surface area contributed by atoms with Gasteiger partial charge in [-0.2, -0.15) is 0 Å². The molecule has 1 amide bonds. The average Bonchev–Trinajstić information content (AvgIpc) is 2.99. The van der Waals surface area contributed by atoms with E-state index >= 15 is 0 Å². The van der Waals surface area contributed by atoms with Crippen LogP contribution in [0, 0.1) is 5.92 Å². The summed E-state index contributed by atoms with van der Waals surface area (Å²) >= 11 is 0. The summed E-state index contributed by atoms with van der Waals surface area (Å²) in [5.41, 5.74) is 2.16. The highest BCUT2D eigenvalue weighted by molar-refractivity contribution is 7.89. The van der Waals surface area contributed by atoms with E-state index in [1.807, 2.05) is 32.0 Å². The lowest BCUT2D eigenvalue weighted by Gasteiger charge is -2.25. The Hall–Kier alpha value is -2.58. The average molecular weight is 416 g/mol. The smallest absolute Gasteiger partial charge is 0.241 e. The summed E-state index contributed by atoms with van der Waals surface area (Å²) in [6.07, 6.45) is 0. The molecule has 2 aromatic carbocycles. The summed E-state index contributed by atoms with van der Waals surface area (Å²) in [5, 5.41) is 2.76. The molecule has 0 radical (unpaired) electrons. The Balaban J connectivity index is 1.64. The molecule has 0 aliphatic carbocycles. The van der Waals surface area contributed by atoms with Gasteiger partial charge in [0.25, 0.3) is 0 Å². The summed E-state index contributed by atoms with van der Waals surface area (Å²) in [6.45, 7) is 6.64. The lowest BCUT2D eigenvalue weighted by atomic mass is 9.97. The van der Waals surface area contributed by atoms with Gasteiger partial charge in [-0.3, -0.25) is 4.79 Å². The van der Waals surface area contributed by atoms with E-state index in [1.165, 1.54) is 6.07 Å². The summed E-state index contributed by atoms with van der Waals surface area (Å²) in [7, 11) is -3.80. The fraction of sp³-hybridized carbons (Fsp3) is 0.381. The molecular weight excluding hydrogens is 392 g/mol. The van der Waals surface area contributed by atoms with Crippen molar-refractivity contribution in [3.05, 3.63) is 47.5 Å². The molecule has 2 heterocycles. The first-order valence-electron chi connectivity index (χ1n) is 9.63. The number of anilines is 1. The van der Waals surface area contributed by atoms with Gasteiger partial charge in [0.15, 0.2) is 11.5 Å². The van der Waals surface area contributed by atoms with Crippen molar-refractivity contribution in [2.24, 2.45) is 5.92 Å². The monoisotopic (exact) mass is 416 g/mol. The SMILES string of the molecule is CC(C)[C@H](NS(=O)(=O)c1ccc2c(c1)[C@@H](C)C(=O)N2)c1ccc2c(c1)OCCO2. The molecule has 2 aliphatic rings. The Morgan fingerprint density at radius 2 is 1.79 bits per heavy atom. The molecule has 0 saturated heterocycles. The van der Waals surface area contributed by atoms with Gasteiger partial charge in [0, 0.05) is 11.7 Å². The van der Waals surface area contributed by atoms with Gasteiger partial charge in [0.1, 0.15) is 13.2 Å². The van der Waals surface area contributed by atoms with Gasteiger partial charge in [-0.1, -0.05) is 19.9 Å². The van der Waals surface area contributed by atoms with Crippen LogP contribution in [0.1, 0.15) is 43.9 Å². The van der Waals surface area contributed by atoms with Crippen molar-refractivity contribution < 1.29 is 22.7 Å². The molecule has 29 heavy (non-hydrogen) atoms. The number of hydrogen-bond acceptors (Lipinski definition) is 5. The first-order valence-corrected chi connectivity index (χ1v) is 11.1. The maximum atomic E-state index is 13.1. The molecule has 4 rings (SSSR count). The molecular formula is C21H24N2O5S. The molecule has 2 N–H and O–H groups in total. The minimum atomic E-state index is -3.80. The fourth-order valence-corrected chi connectivity index (χ4v) is 5.05. The highest BCUT2D eigenvalue weighted by Gasteiger charge is 2.30. The van der Waals surface area contributed by atoms with E-state index in [1.54, 1.807) is 19.1 Å². The number of rotatable bonds is 5. The maximum absolute atomic E-state index is 13.1. The maximum Gasteiger partial charge on any atom is 0.241 e. The van der Waals surface area contributed by atoms with Crippen molar-refractivity contribution >= 4 is 21.6 Å². The summed E-state index contributed by atoms with van der Waals surface area (Å²) in [6, 6.07) is 9.77. The van der Waals surface area contributed by atoms with Gasteiger partial charge < -0.3 is 14.8 Å². The predicted molar refractivity (Wildman–Crippen MR) is 109 cm³/mol. The molecule has 0 fully saturated rings. The second-order valence-electron chi connectivity index (χ2n) is 7.71. The van der Waals surface area contributed by atoms with Crippen LogP contribution in [0.4, 0.5) is 5.69 Å². The zero-order valence-corrected chi connectivity index (χ0v) is 17.4. The van der Waals surface area contributed by atoms with Crippen LogP contribution in [0.15, 0.2) is 41.3 Å². The molecule has 8 heteroatoms. The van der Waals surface area contributed by atoms with Crippen molar-refractivity contribution in [1.82, 2.24) is 4.72 Å². The molecule has 0 aromatic heterocycles. The summed E-state index contributed by atoms with van der Waals surface area (Å²) < 4.78 is 40.3. The van der Waals surface area contributed by atoms with Crippen molar-refractivity contribution in [2.75, 3.05) is 18.5 Å². The number of carbonyl (C=O) groups is 1. The minimum Gasteiger partial charge on any atom is -0.486 e. The van der Waals surface area contributed by atoms with Crippen molar-refractivity contribution in [1.29, 1.82) is 0 Å². The Morgan fingerprint density at radius 1 is 1.07 bits per heavy atom. The van der Waals surface area contributed by atoms with Crippen LogP contribution in [-0.4, -0.2) is 27.5 Å². The Labute approximate surface area is 170 Å². The molecule has 0 saturated carbocycles. The normalized spacial score (nSPS) is 19.0. The minimum absolute atomic E-state index is 0.00364. The molecule has 0 unspecified atom stereocenters. The van der Waals surface area contributed by atoms with Crippen LogP contribution in [0.5, 0.6) is 11.5 Å². The predicted octanol–water partition coefficient (Wildman–Crippen LogP) is 3.19. The van der Waals surface area contributed by atoms with Crippen molar-refractivity contribution in [3.63, 3.8) is 0 Å². The van der Waals surface area contributed by atoms with Gasteiger partial charge >= 0.3 is 0 Å². The number of fused-ring (bicyclic) bond motifs is 2. The van der Waals surface area contributed by atoms with Crippen LogP contribution < -0.4 is 19.5 Å². The largest absolute Gasteiger partial charge is 0.486 e. The second-order valence-corrected chi connectivity index (χ2v) is 9.42. The zero-order valence-electron chi connectivity index (χ0n) is 16.6. The standard InChI is InChI=1S/C21H24N2O5S/c1-12(2)20(14-4-7-18-19(10-14)28-9-8-27-18)23-29(25,26)15-5-6-17-16(11-15)13(3)21(24)22-17/h4-7,10-13,20,23H,8-9H2,1-3H3,(H,22,24)/t13-,20+/m1/s1. The van der Waals surface area contributed by atoms with E-state index in [4.69, 9.17) is 9.47 Å². The van der Waals surface area contributed by atoms with Crippen LogP contribution in [-0.2, 0) is 14.8 Å². The van der Waals surface area contributed by atoms with Crippen LogP contribution in [0.25, 0.3) is 0 Å². The van der Waals surface area contributed by atoms with Crippen LogP contribution in [0.3, 0.4) is 0 Å². The van der Waals surface area contributed by atoms with E-state index < -0.39 is 16.1 Å². The summed E-state index contributed by atoms with van der Waals surface area (Å²) in [5.74, 6) is 0.784. The fourth-order valence-electron chi connectivity index (χ4n) is 3.64. The third-order valence-electron chi connectivity index (χ3n) is 5.33. The topological polar surface area (TPSA) is 93.7 Å². The molecule has 2 aromatic rings. The quantitative estimate of drug-likeness (QED) is 0.781. The first-order chi connectivity index (χ1) is 13.8. The van der Waals surface area contributed by atoms with Gasteiger partial charge in [-0.05, 0) is 54.3 Å². The zero-order chi connectivity index (χ0) is 20.8. The van der Waals surface area contributed by atoms with Gasteiger partial charge in [0.05, 0.1) is 10.8 Å². The number of ether oxygens (including phenoxy) is 2. The lowest BCUT2D eigenvalue weighted by molar-refractivity contribution is -0.116. The lowest BCUT2D eigenvalue weighted by Crippen LogP contribution is -2.32. The third kappa shape index (κ3) is 3.70. The summed E-state index contributed by atoms with van der Waals surface area (Å²) in [4.78, 5) is 12.0. The van der Waals surface area contributed by atoms with E-state index in [0.717, 1.165) is 5.56 Å². The highest BCUT2D eigenvalue weighted by Crippen LogP contribution is 2.36. The molecule has 2 aliphatic heterocycles. The van der Waals surface area contributed by atoms with E-state index in [0.29, 0.717) is 36.0 Å². The van der Waals surface area contributed by atoms with Gasteiger partial charge in [-0.15, -0.1) is 0 Å². The van der Waals surface area contributed by atoms with E-state index in [-0.39, 0.29) is 22.6 Å².